The quantitative estimate of drug-likeness (QED) is 0.913. The average molecular weight is 256 g/mol. The second-order valence-corrected chi connectivity index (χ2v) is 3.80. The van der Waals surface area contributed by atoms with E-state index in [-0.39, 0.29) is 16.5 Å². The van der Waals surface area contributed by atoms with Crippen molar-refractivity contribution in [2.75, 3.05) is 6.54 Å². The number of rotatable bonds is 4. The zero-order chi connectivity index (χ0) is 12.3. The predicted molar refractivity (Wildman–Crippen MR) is 62.1 cm³/mol. The van der Waals surface area contributed by atoms with Crippen molar-refractivity contribution < 1.29 is 8.91 Å². The first kappa shape index (κ1) is 12.0. The fourth-order valence-electron chi connectivity index (χ4n) is 1.37. The molecule has 0 amide bonds. The molecule has 0 radical (unpaired) electrons. The molecule has 0 bridgehead atoms. The smallest absolute Gasteiger partial charge is 0.262 e. The molecule has 0 fully saturated rings. The van der Waals surface area contributed by atoms with Crippen molar-refractivity contribution in [2.24, 2.45) is 0 Å². The number of nitrogens with one attached hydrogen (secondary N) is 1. The van der Waals surface area contributed by atoms with Gasteiger partial charge in [0, 0.05) is 0 Å². The number of aromatic nitrogens is 2. The minimum atomic E-state index is -0.476. The average Bonchev–Trinajstić information content (AvgIpc) is 2.75. The van der Waals surface area contributed by atoms with E-state index in [1.165, 1.54) is 12.1 Å². The fourth-order valence-corrected chi connectivity index (χ4v) is 1.61. The van der Waals surface area contributed by atoms with Crippen molar-refractivity contribution >= 4 is 11.6 Å². The van der Waals surface area contributed by atoms with Gasteiger partial charge in [0.25, 0.3) is 5.89 Å². The zero-order valence-corrected chi connectivity index (χ0v) is 9.96. The molecule has 90 valence electrons. The standard InChI is InChI=1S/C11H11ClFN3O/c1-2-14-6-9-15-11(17-16-9)10-7(12)4-3-5-8(10)13/h3-5,14H,2,6H2,1H3. The summed E-state index contributed by atoms with van der Waals surface area (Å²) in [4.78, 5) is 4.07. The summed E-state index contributed by atoms with van der Waals surface area (Å²) in [6.07, 6.45) is 0. The molecule has 0 spiro atoms. The molecule has 2 rings (SSSR count). The van der Waals surface area contributed by atoms with Crippen LogP contribution in [0, 0.1) is 5.82 Å². The van der Waals surface area contributed by atoms with E-state index < -0.39 is 5.82 Å². The summed E-state index contributed by atoms with van der Waals surface area (Å²) >= 11 is 5.89. The van der Waals surface area contributed by atoms with Crippen LogP contribution in [0.1, 0.15) is 12.7 Å². The summed E-state index contributed by atoms with van der Waals surface area (Å²) < 4.78 is 18.6. The molecule has 1 aromatic heterocycles. The van der Waals surface area contributed by atoms with E-state index in [1.54, 1.807) is 6.07 Å². The maximum absolute atomic E-state index is 13.6. The van der Waals surface area contributed by atoms with Gasteiger partial charge in [-0.25, -0.2) is 4.39 Å². The second kappa shape index (κ2) is 5.25. The van der Waals surface area contributed by atoms with Crippen molar-refractivity contribution in [3.8, 4) is 11.5 Å². The molecule has 0 aliphatic carbocycles. The lowest BCUT2D eigenvalue weighted by Gasteiger charge is -1.99. The van der Waals surface area contributed by atoms with Crippen LogP contribution >= 0.6 is 11.6 Å². The van der Waals surface area contributed by atoms with Gasteiger partial charge in [-0.3, -0.25) is 0 Å². The Morgan fingerprint density at radius 3 is 3.00 bits per heavy atom. The largest absolute Gasteiger partial charge is 0.334 e. The maximum Gasteiger partial charge on any atom is 0.262 e. The van der Waals surface area contributed by atoms with Crippen LogP contribution in [0.25, 0.3) is 11.5 Å². The lowest BCUT2D eigenvalue weighted by atomic mass is 10.2. The van der Waals surface area contributed by atoms with Crippen LogP contribution in [0.15, 0.2) is 22.7 Å². The summed E-state index contributed by atoms with van der Waals surface area (Å²) in [7, 11) is 0. The lowest BCUT2D eigenvalue weighted by Crippen LogP contribution is -2.12. The van der Waals surface area contributed by atoms with Gasteiger partial charge in [0.15, 0.2) is 5.82 Å². The molecule has 1 heterocycles. The first-order valence-electron chi connectivity index (χ1n) is 5.20. The molecule has 2 aromatic rings. The Balaban J connectivity index is 2.30. The van der Waals surface area contributed by atoms with E-state index in [2.05, 4.69) is 15.5 Å². The number of hydrogen-bond acceptors (Lipinski definition) is 4. The highest BCUT2D eigenvalue weighted by atomic mass is 35.5. The lowest BCUT2D eigenvalue weighted by molar-refractivity contribution is 0.417. The summed E-state index contributed by atoms with van der Waals surface area (Å²) in [5.74, 6) is 0.0957. The van der Waals surface area contributed by atoms with E-state index in [9.17, 15) is 4.39 Å². The van der Waals surface area contributed by atoms with Crippen molar-refractivity contribution in [3.63, 3.8) is 0 Å². The number of benzene rings is 1. The molecule has 0 saturated carbocycles. The first-order valence-corrected chi connectivity index (χ1v) is 5.58. The molecular formula is C11H11ClFN3O. The number of hydrogen-bond donors (Lipinski definition) is 1. The Bertz CT molecular complexity index is 495. The fraction of sp³-hybridized carbons (Fsp3) is 0.273. The van der Waals surface area contributed by atoms with Crippen molar-refractivity contribution in [3.05, 3.63) is 34.9 Å². The Labute approximate surface area is 103 Å². The molecule has 0 aliphatic heterocycles. The van der Waals surface area contributed by atoms with Crippen LogP contribution in [-0.2, 0) is 6.54 Å². The first-order chi connectivity index (χ1) is 8.22. The molecule has 0 atom stereocenters. The third-order valence-corrected chi connectivity index (χ3v) is 2.49. The van der Waals surface area contributed by atoms with Gasteiger partial charge in [-0.1, -0.05) is 29.7 Å². The molecule has 6 heteroatoms. The zero-order valence-electron chi connectivity index (χ0n) is 9.20. The summed E-state index contributed by atoms with van der Waals surface area (Å²) in [5, 5.41) is 7.04. The Hall–Kier alpha value is -1.46. The Kier molecular flexibility index (Phi) is 3.71. The maximum atomic E-state index is 13.6. The highest BCUT2D eigenvalue weighted by Gasteiger charge is 2.16. The van der Waals surface area contributed by atoms with E-state index in [0.717, 1.165) is 6.54 Å². The highest BCUT2D eigenvalue weighted by molar-refractivity contribution is 6.33. The van der Waals surface area contributed by atoms with Crippen molar-refractivity contribution in [1.82, 2.24) is 15.5 Å². The van der Waals surface area contributed by atoms with Crippen molar-refractivity contribution in [2.45, 2.75) is 13.5 Å². The van der Waals surface area contributed by atoms with Gasteiger partial charge in [0.2, 0.25) is 0 Å². The van der Waals surface area contributed by atoms with Crippen molar-refractivity contribution in [1.29, 1.82) is 0 Å². The van der Waals surface area contributed by atoms with E-state index in [0.29, 0.717) is 12.4 Å². The van der Waals surface area contributed by atoms with Gasteiger partial charge in [-0.05, 0) is 18.7 Å². The SMILES string of the molecule is CCNCc1noc(-c2c(F)cccc2Cl)n1. The third-order valence-electron chi connectivity index (χ3n) is 2.18. The molecule has 1 N–H and O–H groups in total. The molecule has 0 aliphatic rings. The molecule has 1 aromatic carbocycles. The minimum Gasteiger partial charge on any atom is -0.334 e. The van der Waals surface area contributed by atoms with Gasteiger partial charge in [0.1, 0.15) is 5.82 Å². The normalized spacial score (nSPS) is 10.8. The Morgan fingerprint density at radius 2 is 2.29 bits per heavy atom. The molecule has 4 nitrogen and oxygen atoms in total. The van der Waals surface area contributed by atoms with Crippen LogP contribution in [0.5, 0.6) is 0 Å². The predicted octanol–water partition coefficient (Wildman–Crippen LogP) is 2.64. The molecule has 0 saturated heterocycles. The minimum absolute atomic E-state index is 0.0982. The van der Waals surface area contributed by atoms with Crippen LogP contribution in [0.2, 0.25) is 5.02 Å². The topological polar surface area (TPSA) is 51.0 Å². The number of halogens is 2. The van der Waals surface area contributed by atoms with E-state index >= 15 is 0 Å². The summed E-state index contributed by atoms with van der Waals surface area (Å²) in [6.45, 7) is 3.24. The van der Waals surface area contributed by atoms with Crippen LogP contribution < -0.4 is 5.32 Å². The van der Waals surface area contributed by atoms with Gasteiger partial charge >= 0.3 is 0 Å². The van der Waals surface area contributed by atoms with Crippen LogP contribution in [0.3, 0.4) is 0 Å². The van der Waals surface area contributed by atoms with Gasteiger partial charge in [-0.2, -0.15) is 4.98 Å². The third kappa shape index (κ3) is 2.62. The second-order valence-electron chi connectivity index (χ2n) is 3.39. The van der Waals surface area contributed by atoms with Gasteiger partial charge in [0.05, 0.1) is 17.1 Å². The Morgan fingerprint density at radius 1 is 1.47 bits per heavy atom. The molecule has 0 unspecified atom stereocenters. The van der Waals surface area contributed by atoms with E-state index in [1.807, 2.05) is 6.92 Å². The van der Waals surface area contributed by atoms with E-state index in [4.69, 9.17) is 16.1 Å². The summed E-state index contributed by atoms with van der Waals surface area (Å²) in [5.41, 5.74) is 0.143. The van der Waals surface area contributed by atoms with Gasteiger partial charge in [-0.15, -0.1) is 0 Å². The molecule has 17 heavy (non-hydrogen) atoms. The van der Waals surface area contributed by atoms with Gasteiger partial charge < -0.3 is 9.84 Å². The summed E-state index contributed by atoms with van der Waals surface area (Å²) in [6, 6.07) is 4.40. The van der Waals surface area contributed by atoms with Crippen LogP contribution in [0.4, 0.5) is 4.39 Å². The van der Waals surface area contributed by atoms with Crippen LogP contribution in [-0.4, -0.2) is 16.7 Å². The monoisotopic (exact) mass is 255 g/mol. The highest BCUT2D eigenvalue weighted by Crippen LogP contribution is 2.28. The molecular weight excluding hydrogens is 245 g/mol. The number of nitrogens with zero attached hydrogens (tertiary/aromatic N) is 2.